The number of ether oxygens (including phenoxy) is 1. The summed E-state index contributed by atoms with van der Waals surface area (Å²) in [6.45, 7) is 4.93. The van der Waals surface area contributed by atoms with Crippen LogP contribution in [0, 0.1) is 19.7 Å². The summed E-state index contributed by atoms with van der Waals surface area (Å²) in [4.78, 5) is 0. The normalized spacial score (nSPS) is 10.1. The van der Waals surface area contributed by atoms with Gasteiger partial charge in [0.05, 0.1) is 7.11 Å². The number of rotatable bonds is 4. The third-order valence-corrected chi connectivity index (χ3v) is 3.54. The molecule has 0 aliphatic carbocycles. The lowest BCUT2D eigenvalue weighted by molar-refractivity contribution is 0.387. The largest absolute Gasteiger partial charge is 0.494 e. The maximum Gasteiger partial charge on any atom is 0.172 e. The van der Waals surface area contributed by atoms with E-state index in [0.29, 0.717) is 5.56 Å². The van der Waals surface area contributed by atoms with E-state index in [-0.39, 0.29) is 24.0 Å². The van der Waals surface area contributed by atoms with Gasteiger partial charge in [0.1, 0.15) is 0 Å². The third kappa shape index (κ3) is 3.55. The van der Waals surface area contributed by atoms with E-state index in [1.54, 1.807) is 12.1 Å². The fourth-order valence-electron chi connectivity index (χ4n) is 2.50. The lowest BCUT2D eigenvalue weighted by Crippen LogP contribution is -2.08. The molecule has 0 fully saturated rings. The standard InChI is InChI=1S/C17H20FNO.ClH/c1-11-8-13(9-12(2)15(11)10-19-3)14-6-5-7-16(20-4)17(14)18;/h5-9,19H,10H2,1-4H3;1H. The van der Waals surface area contributed by atoms with Gasteiger partial charge in [-0.15, -0.1) is 12.4 Å². The van der Waals surface area contributed by atoms with Gasteiger partial charge < -0.3 is 10.1 Å². The first-order valence-corrected chi connectivity index (χ1v) is 6.66. The van der Waals surface area contributed by atoms with Crippen LogP contribution in [0.5, 0.6) is 5.75 Å². The fourth-order valence-corrected chi connectivity index (χ4v) is 2.50. The molecule has 2 aromatic rings. The van der Waals surface area contributed by atoms with Gasteiger partial charge in [0.15, 0.2) is 11.6 Å². The molecule has 0 amide bonds. The quantitative estimate of drug-likeness (QED) is 0.911. The van der Waals surface area contributed by atoms with E-state index in [9.17, 15) is 4.39 Å². The number of benzene rings is 2. The molecule has 0 saturated carbocycles. The van der Waals surface area contributed by atoms with Crippen molar-refractivity contribution in [1.82, 2.24) is 5.32 Å². The van der Waals surface area contributed by atoms with Crippen molar-refractivity contribution in [2.45, 2.75) is 20.4 Å². The van der Waals surface area contributed by atoms with Gasteiger partial charge in [0, 0.05) is 12.1 Å². The minimum absolute atomic E-state index is 0. The molecule has 0 heterocycles. The van der Waals surface area contributed by atoms with Gasteiger partial charge in [0.2, 0.25) is 0 Å². The molecule has 21 heavy (non-hydrogen) atoms. The van der Waals surface area contributed by atoms with Crippen LogP contribution in [0.4, 0.5) is 4.39 Å². The van der Waals surface area contributed by atoms with Crippen molar-refractivity contribution in [3.8, 4) is 16.9 Å². The molecular formula is C17H21ClFNO. The van der Waals surface area contributed by atoms with Gasteiger partial charge in [0.25, 0.3) is 0 Å². The van der Waals surface area contributed by atoms with Gasteiger partial charge in [-0.25, -0.2) is 4.39 Å². The lowest BCUT2D eigenvalue weighted by atomic mass is 9.95. The van der Waals surface area contributed by atoms with Crippen molar-refractivity contribution in [3.05, 3.63) is 52.8 Å². The molecule has 4 heteroatoms. The minimum Gasteiger partial charge on any atom is -0.494 e. The number of hydrogen-bond acceptors (Lipinski definition) is 2. The molecular weight excluding hydrogens is 289 g/mol. The fraction of sp³-hybridized carbons (Fsp3) is 0.294. The molecule has 2 rings (SSSR count). The van der Waals surface area contributed by atoms with Crippen molar-refractivity contribution in [3.63, 3.8) is 0 Å². The minimum atomic E-state index is -0.310. The second-order valence-electron chi connectivity index (χ2n) is 4.94. The zero-order valence-corrected chi connectivity index (χ0v) is 13.6. The highest BCUT2D eigenvalue weighted by Gasteiger charge is 2.12. The molecule has 114 valence electrons. The molecule has 0 aliphatic rings. The zero-order valence-electron chi connectivity index (χ0n) is 12.8. The average molecular weight is 310 g/mol. The number of nitrogens with one attached hydrogen (secondary N) is 1. The lowest BCUT2D eigenvalue weighted by Gasteiger charge is -2.14. The van der Waals surface area contributed by atoms with Crippen LogP contribution in [-0.2, 0) is 6.54 Å². The molecule has 0 saturated heterocycles. The summed E-state index contributed by atoms with van der Waals surface area (Å²) in [5, 5.41) is 3.16. The first-order valence-electron chi connectivity index (χ1n) is 6.66. The maximum absolute atomic E-state index is 14.3. The van der Waals surface area contributed by atoms with Gasteiger partial charge in [-0.1, -0.05) is 24.3 Å². The predicted molar refractivity (Wildman–Crippen MR) is 87.9 cm³/mol. The summed E-state index contributed by atoms with van der Waals surface area (Å²) in [6.07, 6.45) is 0. The Hall–Kier alpha value is -1.58. The second kappa shape index (κ2) is 7.43. The van der Waals surface area contributed by atoms with Gasteiger partial charge in [-0.3, -0.25) is 0 Å². The molecule has 0 aliphatic heterocycles. The Balaban J connectivity index is 0.00000220. The molecule has 0 aromatic heterocycles. The van der Waals surface area contributed by atoms with Crippen molar-refractivity contribution < 1.29 is 9.13 Å². The van der Waals surface area contributed by atoms with Gasteiger partial charge in [-0.05, 0) is 49.2 Å². The van der Waals surface area contributed by atoms with Crippen molar-refractivity contribution in [2.24, 2.45) is 0 Å². The zero-order chi connectivity index (χ0) is 14.7. The summed E-state index contributed by atoms with van der Waals surface area (Å²) in [6, 6.07) is 9.27. The number of aryl methyl sites for hydroxylation is 2. The SMILES string of the molecule is CNCc1c(C)cc(-c2cccc(OC)c2F)cc1C.Cl. The molecule has 0 radical (unpaired) electrons. The Bertz CT molecular complexity index is 605. The van der Waals surface area contributed by atoms with E-state index in [1.807, 2.05) is 25.2 Å². The highest BCUT2D eigenvalue weighted by Crippen LogP contribution is 2.31. The third-order valence-electron chi connectivity index (χ3n) is 3.54. The van der Waals surface area contributed by atoms with E-state index in [2.05, 4.69) is 19.2 Å². The average Bonchev–Trinajstić information content (AvgIpc) is 2.43. The highest BCUT2D eigenvalue weighted by molar-refractivity contribution is 5.85. The summed E-state index contributed by atoms with van der Waals surface area (Å²) >= 11 is 0. The van der Waals surface area contributed by atoms with Crippen molar-refractivity contribution in [2.75, 3.05) is 14.2 Å². The Kier molecular flexibility index (Phi) is 6.19. The van der Waals surface area contributed by atoms with Gasteiger partial charge in [-0.2, -0.15) is 0 Å². The molecule has 0 spiro atoms. The van der Waals surface area contributed by atoms with Crippen LogP contribution in [0.25, 0.3) is 11.1 Å². The van der Waals surface area contributed by atoms with Crippen LogP contribution in [0.15, 0.2) is 30.3 Å². The predicted octanol–water partition coefficient (Wildman–Crippen LogP) is 4.26. The molecule has 2 aromatic carbocycles. The second-order valence-corrected chi connectivity index (χ2v) is 4.94. The summed E-state index contributed by atoms with van der Waals surface area (Å²) in [5.74, 6) is -0.0349. The first kappa shape index (κ1) is 17.5. The molecule has 2 nitrogen and oxygen atoms in total. The van der Waals surface area contributed by atoms with E-state index >= 15 is 0 Å². The smallest absolute Gasteiger partial charge is 0.172 e. The number of hydrogen-bond donors (Lipinski definition) is 1. The highest BCUT2D eigenvalue weighted by atomic mass is 35.5. The molecule has 0 bridgehead atoms. The summed E-state index contributed by atoms with van der Waals surface area (Å²) < 4.78 is 19.4. The number of methoxy groups -OCH3 is 1. The summed E-state index contributed by atoms with van der Waals surface area (Å²) in [7, 11) is 3.41. The van der Waals surface area contributed by atoms with Crippen LogP contribution in [0.3, 0.4) is 0 Å². The molecule has 0 atom stereocenters. The molecule has 0 unspecified atom stereocenters. The number of halogens is 2. The van der Waals surface area contributed by atoms with Crippen LogP contribution < -0.4 is 10.1 Å². The molecule has 1 N–H and O–H groups in total. The monoisotopic (exact) mass is 309 g/mol. The maximum atomic E-state index is 14.3. The van der Waals surface area contributed by atoms with E-state index < -0.39 is 0 Å². The Labute approximate surface area is 131 Å². The van der Waals surface area contributed by atoms with Crippen LogP contribution in [0.1, 0.15) is 16.7 Å². The van der Waals surface area contributed by atoms with Crippen LogP contribution in [-0.4, -0.2) is 14.2 Å². The van der Waals surface area contributed by atoms with E-state index in [1.165, 1.54) is 12.7 Å². The van der Waals surface area contributed by atoms with Gasteiger partial charge >= 0.3 is 0 Å². The van der Waals surface area contributed by atoms with E-state index in [0.717, 1.165) is 23.2 Å². The van der Waals surface area contributed by atoms with Crippen LogP contribution in [0.2, 0.25) is 0 Å². The topological polar surface area (TPSA) is 21.3 Å². The Morgan fingerprint density at radius 3 is 2.29 bits per heavy atom. The van der Waals surface area contributed by atoms with Crippen LogP contribution >= 0.6 is 12.4 Å². The summed E-state index contributed by atoms with van der Waals surface area (Å²) in [5.41, 5.74) is 5.05. The van der Waals surface area contributed by atoms with Crippen molar-refractivity contribution in [1.29, 1.82) is 0 Å². The van der Waals surface area contributed by atoms with Crippen molar-refractivity contribution >= 4 is 12.4 Å². The first-order chi connectivity index (χ1) is 9.58. The van der Waals surface area contributed by atoms with E-state index in [4.69, 9.17) is 4.74 Å². The Morgan fingerprint density at radius 1 is 1.14 bits per heavy atom. The Morgan fingerprint density at radius 2 is 1.76 bits per heavy atom.